The molecule has 1 aliphatic heterocycles. The summed E-state index contributed by atoms with van der Waals surface area (Å²) in [6.07, 6.45) is 45.8. The average molecular weight is 915 g/mol. The Labute approximate surface area is 406 Å². The van der Waals surface area contributed by atoms with Crippen molar-refractivity contribution in [3.8, 4) is 12.3 Å². The molecule has 0 aromatic heterocycles. The number of hydrogen-bond donors (Lipinski definition) is 0. The van der Waals surface area contributed by atoms with Crippen LogP contribution in [0.4, 0.5) is 17.1 Å². The van der Waals surface area contributed by atoms with Gasteiger partial charge >= 0.3 is 0 Å². The molecule has 1 spiro atoms. The zero-order valence-electron chi connectivity index (χ0n) is 39.0. The van der Waals surface area contributed by atoms with Crippen LogP contribution in [-0.2, 0) is 6.42 Å². The van der Waals surface area contributed by atoms with Gasteiger partial charge in [-0.2, -0.15) is 0 Å². The second-order valence-corrected chi connectivity index (χ2v) is 20.9. The predicted octanol–water partition coefficient (Wildman–Crippen LogP) is 14.1. The first-order valence-electron chi connectivity index (χ1n) is 24.4. The number of aryl methyl sites for hydroxylation is 1. The van der Waals surface area contributed by atoms with Gasteiger partial charge < -0.3 is 9.80 Å². The van der Waals surface area contributed by atoms with E-state index in [1.54, 1.807) is 0 Å². The molecule has 4 unspecified atom stereocenters. The van der Waals surface area contributed by atoms with Gasteiger partial charge in [-0.05, 0) is 161 Å². The molecule has 68 heavy (non-hydrogen) atoms. The molecular formula is C64H56N2P2. The molecule has 0 radical (unpaired) electrons. The molecule has 5 aromatic rings. The largest absolute Gasteiger partial charge is 0.311 e. The summed E-state index contributed by atoms with van der Waals surface area (Å²) in [6.45, 7) is 4.71. The highest BCUT2D eigenvalue weighted by Gasteiger charge is 2.52. The average Bonchev–Trinajstić information content (AvgIpc) is 3.81. The van der Waals surface area contributed by atoms with Crippen LogP contribution >= 0.6 is 18.5 Å². The smallest absolute Gasteiger partial charge is 0.105 e. The van der Waals surface area contributed by atoms with Gasteiger partial charge in [0, 0.05) is 38.5 Å². The van der Waals surface area contributed by atoms with E-state index in [0.29, 0.717) is 0 Å². The van der Waals surface area contributed by atoms with Crippen LogP contribution in [0.1, 0.15) is 74.1 Å². The lowest BCUT2D eigenvalue weighted by Crippen LogP contribution is -2.47. The van der Waals surface area contributed by atoms with E-state index in [9.17, 15) is 0 Å². The molecule has 7 aliphatic rings. The zero-order chi connectivity index (χ0) is 46.1. The van der Waals surface area contributed by atoms with Crippen molar-refractivity contribution in [1.82, 2.24) is 0 Å². The van der Waals surface area contributed by atoms with Crippen LogP contribution in [0.3, 0.4) is 0 Å². The molecule has 0 N–H and O–H groups in total. The third-order valence-electron chi connectivity index (χ3n) is 15.4. The van der Waals surface area contributed by atoms with E-state index in [2.05, 4.69) is 224 Å². The Morgan fingerprint density at radius 3 is 2.31 bits per heavy atom. The maximum Gasteiger partial charge on any atom is 0.105 e. The van der Waals surface area contributed by atoms with Crippen molar-refractivity contribution < 1.29 is 0 Å². The van der Waals surface area contributed by atoms with Crippen LogP contribution in [0.15, 0.2) is 204 Å². The van der Waals surface area contributed by atoms with Crippen LogP contribution < -0.4 is 25.5 Å². The molecule has 0 saturated heterocycles. The molecule has 4 heteroatoms. The summed E-state index contributed by atoms with van der Waals surface area (Å²) in [7, 11) is 6.33. The van der Waals surface area contributed by atoms with Crippen molar-refractivity contribution in [3.63, 3.8) is 0 Å². The van der Waals surface area contributed by atoms with E-state index < -0.39 is 0 Å². The minimum atomic E-state index is -0.351. The number of para-hydroxylation sites is 2. The number of allylic oxidation sites excluding steroid dienone is 17. The lowest BCUT2D eigenvalue weighted by molar-refractivity contribution is 0.482. The van der Waals surface area contributed by atoms with Crippen LogP contribution in [0.2, 0.25) is 0 Å². The third-order valence-corrected chi connectivity index (χ3v) is 16.3. The quantitative estimate of drug-likeness (QED) is 0.119. The van der Waals surface area contributed by atoms with Gasteiger partial charge in [0.05, 0.1) is 16.8 Å². The number of nitrogens with zero attached hydrogens (tertiary/aromatic N) is 2. The fraction of sp³-hybridized carbons (Fsp3) is 0.188. The van der Waals surface area contributed by atoms with E-state index >= 15 is 0 Å². The van der Waals surface area contributed by atoms with Crippen molar-refractivity contribution in [3.05, 3.63) is 236 Å². The minimum absolute atomic E-state index is 0.118. The molecule has 0 amide bonds. The van der Waals surface area contributed by atoms with Crippen molar-refractivity contribution in [2.75, 3.05) is 9.80 Å². The molecule has 332 valence electrons. The Balaban J connectivity index is 1.15. The maximum absolute atomic E-state index is 6.97. The highest BCUT2D eigenvalue weighted by molar-refractivity contribution is 7.28. The fourth-order valence-corrected chi connectivity index (χ4v) is 13.6. The van der Waals surface area contributed by atoms with Crippen LogP contribution in [0.5, 0.6) is 0 Å². The molecule has 1 heterocycles. The van der Waals surface area contributed by atoms with Crippen molar-refractivity contribution >= 4 is 74.2 Å². The number of rotatable bonds is 7. The minimum Gasteiger partial charge on any atom is -0.311 e. The van der Waals surface area contributed by atoms with Gasteiger partial charge in [-0.1, -0.05) is 152 Å². The first-order valence-corrected chi connectivity index (χ1v) is 25.6. The molecular weight excluding hydrogens is 859 g/mol. The van der Waals surface area contributed by atoms with Gasteiger partial charge in [0.1, 0.15) is 5.70 Å². The first-order chi connectivity index (χ1) is 33.3. The van der Waals surface area contributed by atoms with Crippen LogP contribution in [-0.4, -0.2) is 0 Å². The Morgan fingerprint density at radius 1 is 0.779 bits per heavy atom. The number of benzene rings is 5. The third kappa shape index (κ3) is 6.77. The summed E-state index contributed by atoms with van der Waals surface area (Å²) < 4.78 is 0. The lowest BCUT2D eigenvalue weighted by atomic mass is 9.61. The topological polar surface area (TPSA) is 6.48 Å². The molecule has 6 aliphatic carbocycles. The monoisotopic (exact) mass is 914 g/mol. The maximum atomic E-state index is 6.97. The highest BCUT2D eigenvalue weighted by Crippen LogP contribution is 2.62. The van der Waals surface area contributed by atoms with Gasteiger partial charge in [-0.25, -0.2) is 0 Å². The lowest BCUT2D eigenvalue weighted by Gasteiger charge is -2.52. The van der Waals surface area contributed by atoms with Crippen LogP contribution in [0.25, 0.3) is 33.3 Å². The predicted molar refractivity (Wildman–Crippen MR) is 297 cm³/mol. The standard InChI is InChI=1S/C64H56N2P2/c1-4-55(65(48-27-16-8-17-28-48)60-52(44-23-12-6-13-24-44)37-46(38-56(60)67)43-21-10-5-11-22-43)50-35-33-45-39-64-36-20-31-54(64)53-40-63(3,47-25-14-7-15-26-47)41-57(68)61(53)66(49-29-18-9-19-30-49)62(64)51-34-32-42(2)58(50)59(45)51/h1,6,8-10,12,14,16-23,25-38,41H,5,7,11,13,15,24,39-40,67-68H2,2-3H3/b55-50+. The Morgan fingerprint density at radius 2 is 1.57 bits per heavy atom. The summed E-state index contributed by atoms with van der Waals surface area (Å²) in [5.41, 5.74) is 18.2. The van der Waals surface area contributed by atoms with Gasteiger partial charge in [-0.15, -0.1) is 24.9 Å². The molecule has 2 nitrogen and oxygen atoms in total. The number of hydrogen-bond acceptors (Lipinski definition) is 2. The molecule has 0 bridgehead atoms. The molecule has 12 rings (SSSR count). The van der Waals surface area contributed by atoms with Gasteiger partial charge in [-0.3, -0.25) is 0 Å². The van der Waals surface area contributed by atoms with E-state index in [-0.39, 0.29) is 10.8 Å². The number of fused-ring (bicyclic) bond motifs is 1. The summed E-state index contributed by atoms with van der Waals surface area (Å²) in [5.74, 6) is 3.36. The Bertz CT molecular complexity index is 3510. The van der Waals surface area contributed by atoms with Crippen molar-refractivity contribution in [2.45, 2.75) is 65.2 Å². The summed E-state index contributed by atoms with van der Waals surface area (Å²) in [4.78, 5) is 5.01. The Hall–Kier alpha value is -6.48. The SMILES string of the molecule is C#C/C(=c1/ccc2c3c(ccc(C)c13)=C1N(c3ccccc3)C3=C(CC(C)(C4=CCCC=C4)C=C3P)C3=CC=CC31C2)N(c1ccccc1)c1c(P)cc(C2=CCCC=C2)cc1C1=CC=CCC1. The molecule has 0 fully saturated rings. The van der Waals surface area contributed by atoms with E-state index in [1.807, 2.05) is 0 Å². The fourth-order valence-electron chi connectivity index (χ4n) is 12.4. The van der Waals surface area contributed by atoms with Crippen molar-refractivity contribution in [2.24, 2.45) is 10.8 Å². The molecule has 0 saturated carbocycles. The molecule has 5 aromatic carbocycles. The number of terminal acetylenes is 1. The second-order valence-electron chi connectivity index (χ2n) is 19.6. The Kier molecular flexibility index (Phi) is 10.7. The summed E-state index contributed by atoms with van der Waals surface area (Å²) in [5, 5.41) is 7.18. The first kappa shape index (κ1) is 42.8. The normalized spacial score (nSPS) is 22.7. The number of anilines is 3. The van der Waals surface area contributed by atoms with E-state index in [4.69, 9.17) is 6.42 Å². The van der Waals surface area contributed by atoms with Crippen molar-refractivity contribution in [1.29, 1.82) is 0 Å². The summed E-state index contributed by atoms with van der Waals surface area (Å²) in [6, 6.07) is 36.1. The molecule has 4 atom stereocenters. The highest BCUT2D eigenvalue weighted by atomic mass is 31.0. The summed E-state index contributed by atoms with van der Waals surface area (Å²) >= 11 is 0. The van der Waals surface area contributed by atoms with Crippen LogP contribution in [0, 0.1) is 30.1 Å². The van der Waals surface area contributed by atoms with Gasteiger partial charge in [0.25, 0.3) is 0 Å². The van der Waals surface area contributed by atoms with Gasteiger partial charge in [0.15, 0.2) is 0 Å². The second kappa shape index (κ2) is 16.9. The van der Waals surface area contributed by atoms with E-state index in [1.165, 1.54) is 88.5 Å². The zero-order valence-corrected chi connectivity index (χ0v) is 41.3. The van der Waals surface area contributed by atoms with Gasteiger partial charge in [0.2, 0.25) is 0 Å². The van der Waals surface area contributed by atoms with E-state index in [0.717, 1.165) is 79.0 Å².